The van der Waals surface area contributed by atoms with E-state index in [0.717, 1.165) is 5.56 Å². The molecule has 0 aliphatic carbocycles. The number of ether oxygens (including phenoxy) is 1. The van der Waals surface area contributed by atoms with Crippen LogP contribution in [0.3, 0.4) is 0 Å². The van der Waals surface area contributed by atoms with Crippen molar-refractivity contribution in [2.45, 2.75) is 32.9 Å². The molecule has 138 valence electrons. The molecule has 0 bridgehead atoms. The fraction of sp³-hybridized carbons (Fsp3) is 0.300. The Morgan fingerprint density at radius 3 is 2.42 bits per heavy atom. The zero-order valence-electron chi connectivity index (χ0n) is 14.7. The highest BCUT2D eigenvalue weighted by Crippen LogP contribution is 2.20. The first kappa shape index (κ1) is 19.9. The normalized spacial score (nSPS) is 11.9. The van der Waals surface area contributed by atoms with Gasteiger partial charge < -0.3 is 10.1 Å². The van der Waals surface area contributed by atoms with E-state index in [2.05, 4.69) is 5.32 Å². The molecule has 26 heavy (non-hydrogen) atoms. The lowest BCUT2D eigenvalue weighted by Crippen LogP contribution is -2.45. The summed E-state index contributed by atoms with van der Waals surface area (Å²) in [5, 5.41) is 2.88. The molecule has 0 spiro atoms. The molecular weight excluding hydrogens is 357 g/mol. The van der Waals surface area contributed by atoms with Crippen molar-refractivity contribution in [3.63, 3.8) is 0 Å². The average molecular weight is 378 g/mol. The number of hydrogen-bond acceptors (Lipinski definition) is 3. The minimum atomic E-state index is -0.822. The Kier molecular flexibility index (Phi) is 7.16. The maximum absolute atomic E-state index is 13.8. The molecule has 0 saturated heterocycles. The van der Waals surface area contributed by atoms with E-state index in [-0.39, 0.29) is 35.4 Å². The smallest absolute Gasteiger partial charge is 0.329 e. The second kappa shape index (κ2) is 9.34. The molecule has 0 unspecified atom stereocenters. The second-order valence-electron chi connectivity index (χ2n) is 6.26. The third kappa shape index (κ3) is 5.56. The van der Waals surface area contributed by atoms with Gasteiger partial charge in [0.2, 0.25) is 5.91 Å². The van der Waals surface area contributed by atoms with E-state index >= 15 is 0 Å². The zero-order chi connectivity index (χ0) is 19.1. The Bertz CT molecular complexity index is 745. The molecule has 1 atom stereocenters. The van der Waals surface area contributed by atoms with Gasteiger partial charge in [0.25, 0.3) is 0 Å². The van der Waals surface area contributed by atoms with E-state index in [1.165, 1.54) is 18.2 Å². The Morgan fingerprint density at radius 2 is 1.81 bits per heavy atom. The van der Waals surface area contributed by atoms with Gasteiger partial charge in [0, 0.05) is 5.56 Å². The van der Waals surface area contributed by atoms with E-state index in [1.54, 1.807) is 13.8 Å². The largest absolute Gasteiger partial charge is 0.459 e. The molecule has 2 rings (SSSR count). The van der Waals surface area contributed by atoms with Gasteiger partial charge in [0.1, 0.15) is 18.5 Å². The topological polar surface area (TPSA) is 55.4 Å². The molecule has 0 saturated carbocycles. The van der Waals surface area contributed by atoms with Crippen molar-refractivity contribution in [2.75, 3.05) is 0 Å². The van der Waals surface area contributed by atoms with Crippen LogP contribution in [0, 0.1) is 11.7 Å². The lowest BCUT2D eigenvalue weighted by Gasteiger charge is -2.21. The van der Waals surface area contributed by atoms with Crippen LogP contribution in [-0.2, 0) is 27.4 Å². The molecule has 0 aliphatic heterocycles. The van der Waals surface area contributed by atoms with Gasteiger partial charge in [-0.15, -0.1) is 0 Å². The fourth-order valence-corrected chi connectivity index (χ4v) is 2.62. The van der Waals surface area contributed by atoms with Crippen LogP contribution < -0.4 is 5.32 Å². The van der Waals surface area contributed by atoms with Gasteiger partial charge in [-0.05, 0) is 23.6 Å². The zero-order valence-corrected chi connectivity index (χ0v) is 15.4. The van der Waals surface area contributed by atoms with Crippen LogP contribution in [0.25, 0.3) is 0 Å². The summed E-state index contributed by atoms with van der Waals surface area (Å²) in [6.45, 7) is 3.30. The third-order valence-electron chi connectivity index (χ3n) is 3.87. The Morgan fingerprint density at radius 1 is 1.12 bits per heavy atom. The first-order chi connectivity index (χ1) is 12.4. The molecule has 6 heteroatoms. The monoisotopic (exact) mass is 377 g/mol. The first-order valence-electron chi connectivity index (χ1n) is 8.31. The number of amides is 1. The van der Waals surface area contributed by atoms with Crippen LogP contribution >= 0.6 is 11.6 Å². The summed E-state index contributed by atoms with van der Waals surface area (Å²) in [7, 11) is 0. The third-order valence-corrected chi connectivity index (χ3v) is 4.22. The fourth-order valence-electron chi connectivity index (χ4n) is 2.41. The van der Waals surface area contributed by atoms with Crippen molar-refractivity contribution in [1.29, 1.82) is 0 Å². The number of esters is 1. The number of carbonyl (C=O) groups is 2. The lowest BCUT2D eigenvalue weighted by atomic mass is 10.0. The number of hydrogen-bond donors (Lipinski definition) is 1. The first-order valence-corrected chi connectivity index (χ1v) is 8.69. The molecule has 1 amide bonds. The minimum absolute atomic E-state index is 0.112. The van der Waals surface area contributed by atoms with Crippen molar-refractivity contribution >= 4 is 23.5 Å². The molecule has 4 nitrogen and oxygen atoms in total. The highest BCUT2D eigenvalue weighted by Gasteiger charge is 2.26. The standard InChI is InChI=1S/C20H21ClFNO3/c1-13(2)19(23-18(24)11-14-7-4-3-5-8-14)20(25)26-12-15-16(21)9-6-10-17(15)22/h3-10,13,19H,11-12H2,1-2H3,(H,23,24)/t19-/m1/s1. The van der Waals surface area contributed by atoms with Crippen molar-refractivity contribution < 1.29 is 18.7 Å². The summed E-state index contributed by atoms with van der Waals surface area (Å²) in [6, 6.07) is 12.6. The summed E-state index contributed by atoms with van der Waals surface area (Å²) in [4.78, 5) is 24.6. The number of halogens is 2. The van der Waals surface area contributed by atoms with E-state index in [1.807, 2.05) is 30.3 Å². The van der Waals surface area contributed by atoms with E-state index in [4.69, 9.17) is 16.3 Å². The highest BCUT2D eigenvalue weighted by atomic mass is 35.5. The molecule has 0 fully saturated rings. The molecule has 0 aliphatic rings. The predicted octanol–water partition coefficient (Wildman–Crippen LogP) is 3.91. The summed E-state index contributed by atoms with van der Waals surface area (Å²) >= 11 is 5.93. The summed E-state index contributed by atoms with van der Waals surface area (Å²) in [6.07, 6.45) is 0.163. The SMILES string of the molecule is CC(C)[C@@H](NC(=O)Cc1ccccc1)C(=O)OCc1c(F)cccc1Cl. The highest BCUT2D eigenvalue weighted by molar-refractivity contribution is 6.31. The van der Waals surface area contributed by atoms with Gasteiger partial charge >= 0.3 is 5.97 Å². The van der Waals surface area contributed by atoms with Crippen LogP contribution in [0.2, 0.25) is 5.02 Å². The Labute approximate surface area is 157 Å². The van der Waals surface area contributed by atoms with Gasteiger partial charge in [-0.25, -0.2) is 9.18 Å². The number of carbonyl (C=O) groups excluding carboxylic acids is 2. The average Bonchev–Trinajstić information content (AvgIpc) is 2.59. The molecule has 0 radical (unpaired) electrons. The van der Waals surface area contributed by atoms with Crippen molar-refractivity contribution in [3.8, 4) is 0 Å². The number of benzene rings is 2. The quantitative estimate of drug-likeness (QED) is 0.744. The van der Waals surface area contributed by atoms with Gasteiger partial charge in [0.15, 0.2) is 0 Å². The van der Waals surface area contributed by atoms with Crippen LogP contribution in [0.4, 0.5) is 4.39 Å². The van der Waals surface area contributed by atoms with Crippen molar-refractivity contribution in [3.05, 3.63) is 70.5 Å². The Hall–Kier alpha value is -2.40. The number of rotatable bonds is 7. The van der Waals surface area contributed by atoms with Crippen molar-refractivity contribution in [2.24, 2.45) is 5.92 Å². The van der Waals surface area contributed by atoms with E-state index in [0.29, 0.717) is 0 Å². The molecule has 2 aromatic rings. The summed E-state index contributed by atoms with van der Waals surface area (Å²) < 4.78 is 19.0. The molecular formula is C20H21ClFNO3. The molecule has 2 aromatic carbocycles. The second-order valence-corrected chi connectivity index (χ2v) is 6.67. The molecule has 0 heterocycles. The lowest BCUT2D eigenvalue weighted by molar-refractivity contribution is -0.150. The van der Waals surface area contributed by atoms with Crippen molar-refractivity contribution in [1.82, 2.24) is 5.32 Å². The molecule has 0 aromatic heterocycles. The van der Waals surface area contributed by atoms with E-state index < -0.39 is 17.8 Å². The van der Waals surface area contributed by atoms with Crippen LogP contribution in [-0.4, -0.2) is 17.9 Å². The maximum Gasteiger partial charge on any atom is 0.329 e. The predicted molar refractivity (Wildman–Crippen MR) is 98.1 cm³/mol. The Balaban J connectivity index is 1.97. The van der Waals surface area contributed by atoms with Crippen LogP contribution in [0.15, 0.2) is 48.5 Å². The van der Waals surface area contributed by atoms with Gasteiger partial charge in [0.05, 0.1) is 11.4 Å². The summed E-state index contributed by atoms with van der Waals surface area (Å²) in [5.41, 5.74) is 0.958. The van der Waals surface area contributed by atoms with Crippen LogP contribution in [0.5, 0.6) is 0 Å². The van der Waals surface area contributed by atoms with Crippen LogP contribution in [0.1, 0.15) is 25.0 Å². The maximum atomic E-state index is 13.8. The van der Waals surface area contributed by atoms with Gasteiger partial charge in [-0.1, -0.05) is 61.8 Å². The van der Waals surface area contributed by atoms with Gasteiger partial charge in [-0.3, -0.25) is 4.79 Å². The minimum Gasteiger partial charge on any atom is -0.459 e. The van der Waals surface area contributed by atoms with Gasteiger partial charge in [-0.2, -0.15) is 0 Å². The summed E-state index contributed by atoms with van der Waals surface area (Å²) in [5.74, 6) is -1.63. The van der Waals surface area contributed by atoms with E-state index in [9.17, 15) is 14.0 Å². The number of nitrogens with one attached hydrogen (secondary N) is 1. The molecule has 1 N–H and O–H groups in total.